The van der Waals surface area contributed by atoms with Crippen LogP contribution in [0.15, 0.2) is 17.4 Å². The van der Waals surface area contributed by atoms with Gasteiger partial charge in [-0.15, -0.1) is 0 Å². The molecule has 2 heterocycles. The van der Waals surface area contributed by atoms with E-state index in [1.54, 1.807) is 6.21 Å². The summed E-state index contributed by atoms with van der Waals surface area (Å²) in [7, 11) is 0. The van der Waals surface area contributed by atoms with Gasteiger partial charge >= 0.3 is 5.97 Å². The van der Waals surface area contributed by atoms with Gasteiger partial charge in [0.05, 0.1) is 18.0 Å². The first-order valence-electron chi connectivity index (χ1n) is 3.37. The van der Waals surface area contributed by atoms with Crippen molar-refractivity contribution in [1.82, 2.24) is 10.2 Å². The number of carbonyl (C=O) groups is 1. The van der Waals surface area contributed by atoms with Crippen LogP contribution >= 0.6 is 0 Å². The van der Waals surface area contributed by atoms with Gasteiger partial charge in [0.1, 0.15) is 6.54 Å². The normalized spacial score (nSPS) is 14.8. The first-order valence-corrected chi connectivity index (χ1v) is 3.37. The highest BCUT2D eigenvalue weighted by molar-refractivity contribution is 5.89. The summed E-state index contributed by atoms with van der Waals surface area (Å²) in [6.45, 7) is 0.0503. The van der Waals surface area contributed by atoms with Crippen LogP contribution < -0.4 is 4.74 Å². The molecule has 0 aliphatic carbocycles. The highest BCUT2D eigenvalue weighted by Gasteiger charge is 2.11. The summed E-state index contributed by atoms with van der Waals surface area (Å²) in [5.74, 6) is 0.0363. The van der Waals surface area contributed by atoms with E-state index in [1.807, 2.05) is 0 Å². The van der Waals surface area contributed by atoms with E-state index in [4.69, 9.17) is 4.74 Å². The number of aliphatic imine (C=N–C) groups is 1. The highest BCUT2D eigenvalue weighted by Crippen LogP contribution is 2.14. The Balaban J connectivity index is 2.48. The number of fused-ring (bicyclic) bond motifs is 1. The minimum Gasteiger partial charge on any atom is -0.423 e. The van der Waals surface area contributed by atoms with E-state index in [1.165, 1.54) is 12.4 Å². The summed E-state index contributed by atoms with van der Waals surface area (Å²) in [4.78, 5) is 14.7. The second-order valence-corrected chi connectivity index (χ2v) is 2.25. The third kappa shape index (κ3) is 1.16. The van der Waals surface area contributed by atoms with Crippen LogP contribution in [0.25, 0.3) is 0 Å². The van der Waals surface area contributed by atoms with Crippen molar-refractivity contribution in [1.29, 1.82) is 0 Å². The Morgan fingerprint density at radius 3 is 3.08 bits per heavy atom. The summed E-state index contributed by atoms with van der Waals surface area (Å²) in [6.07, 6.45) is 4.44. The number of carbonyl (C=O) groups excluding carboxylic acids is 1. The number of nitrogens with zero attached hydrogens (tertiary/aromatic N) is 3. The van der Waals surface area contributed by atoms with Gasteiger partial charge in [-0.1, -0.05) is 0 Å². The molecule has 60 valence electrons. The van der Waals surface area contributed by atoms with Gasteiger partial charge in [0.15, 0.2) is 5.75 Å². The van der Waals surface area contributed by atoms with Crippen LogP contribution in [0.1, 0.15) is 5.56 Å². The maximum atomic E-state index is 10.9. The molecule has 1 aromatic rings. The number of hydrogen-bond donors (Lipinski definition) is 0. The minimum absolute atomic E-state index is 0.0503. The quantitative estimate of drug-likeness (QED) is 0.497. The number of esters is 1. The molecule has 12 heavy (non-hydrogen) atoms. The minimum atomic E-state index is -0.377. The molecule has 0 N–H and O–H groups in total. The molecule has 0 amide bonds. The zero-order chi connectivity index (χ0) is 8.39. The molecule has 0 saturated carbocycles. The lowest BCUT2D eigenvalue weighted by Crippen LogP contribution is -2.10. The molecule has 0 fully saturated rings. The van der Waals surface area contributed by atoms with E-state index in [0.29, 0.717) is 11.3 Å². The molecule has 5 nitrogen and oxygen atoms in total. The van der Waals surface area contributed by atoms with Crippen LogP contribution in [0.5, 0.6) is 5.75 Å². The smallest absolute Gasteiger partial charge is 0.333 e. The monoisotopic (exact) mass is 163 g/mol. The zero-order valence-electron chi connectivity index (χ0n) is 6.10. The summed E-state index contributed by atoms with van der Waals surface area (Å²) < 4.78 is 4.89. The van der Waals surface area contributed by atoms with E-state index < -0.39 is 0 Å². The lowest BCUT2D eigenvalue weighted by molar-refractivity contribution is -0.132. The highest BCUT2D eigenvalue weighted by atomic mass is 16.5. The lowest BCUT2D eigenvalue weighted by Gasteiger charge is -1.99. The van der Waals surface area contributed by atoms with E-state index in [-0.39, 0.29) is 12.5 Å². The maximum Gasteiger partial charge on any atom is 0.333 e. The molecule has 1 aliphatic rings. The first kappa shape index (κ1) is 6.90. The number of aromatic nitrogens is 2. The van der Waals surface area contributed by atoms with Gasteiger partial charge in [0.25, 0.3) is 0 Å². The van der Waals surface area contributed by atoms with Gasteiger partial charge in [-0.3, -0.25) is 4.99 Å². The third-order valence-corrected chi connectivity index (χ3v) is 1.40. The standard InChI is InChI=1S/C7H5N3O2/c11-7-4-8-1-5-2-9-10-3-6(5)12-7/h1-3H,4H2. The summed E-state index contributed by atoms with van der Waals surface area (Å²) >= 11 is 0. The molecule has 2 rings (SSSR count). The largest absolute Gasteiger partial charge is 0.423 e. The van der Waals surface area contributed by atoms with Crippen LogP contribution in [0.3, 0.4) is 0 Å². The van der Waals surface area contributed by atoms with Crippen LogP contribution in [0, 0.1) is 0 Å². The average Bonchev–Trinajstić information content (AvgIpc) is 2.25. The molecule has 0 bridgehead atoms. The molecule has 0 spiro atoms. The molecule has 1 aromatic heterocycles. The van der Waals surface area contributed by atoms with Crippen molar-refractivity contribution in [3.63, 3.8) is 0 Å². The van der Waals surface area contributed by atoms with Crippen molar-refractivity contribution in [2.24, 2.45) is 4.99 Å². The molecular weight excluding hydrogens is 158 g/mol. The molecule has 0 aromatic carbocycles. The Kier molecular flexibility index (Phi) is 1.55. The van der Waals surface area contributed by atoms with Crippen molar-refractivity contribution in [2.45, 2.75) is 0 Å². The Morgan fingerprint density at radius 2 is 2.17 bits per heavy atom. The van der Waals surface area contributed by atoms with Gasteiger partial charge in [-0.2, -0.15) is 10.2 Å². The van der Waals surface area contributed by atoms with E-state index in [0.717, 1.165) is 0 Å². The SMILES string of the molecule is O=C1CN=Cc2cnncc2O1. The Bertz CT molecular complexity index is 348. The molecule has 5 heteroatoms. The van der Waals surface area contributed by atoms with Crippen molar-refractivity contribution in [3.8, 4) is 5.75 Å². The fourth-order valence-electron chi connectivity index (χ4n) is 0.875. The van der Waals surface area contributed by atoms with Crippen LogP contribution in [-0.4, -0.2) is 28.9 Å². The predicted molar refractivity (Wildman–Crippen MR) is 40.1 cm³/mol. The van der Waals surface area contributed by atoms with Crippen molar-refractivity contribution in [3.05, 3.63) is 18.0 Å². The second-order valence-electron chi connectivity index (χ2n) is 2.25. The molecule has 0 radical (unpaired) electrons. The molecule has 0 unspecified atom stereocenters. The Hall–Kier alpha value is -1.78. The Morgan fingerprint density at radius 1 is 1.33 bits per heavy atom. The molecule has 0 atom stereocenters. The van der Waals surface area contributed by atoms with Gasteiger partial charge in [0, 0.05) is 6.21 Å². The second kappa shape index (κ2) is 2.69. The average molecular weight is 163 g/mol. The van der Waals surface area contributed by atoms with Crippen LogP contribution in [0.4, 0.5) is 0 Å². The van der Waals surface area contributed by atoms with Gasteiger partial charge in [-0.25, -0.2) is 4.79 Å². The van der Waals surface area contributed by atoms with Crippen LogP contribution in [0.2, 0.25) is 0 Å². The van der Waals surface area contributed by atoms with E-state index in [2.05, 4.69) is 15.2 Å². The number of rotatable bonds is 0. The van der Waals surface area contributed by atoms with E-state index in [9.17, 15) is 4.79 Å². The summed E-state index contributed by atoms with van der Waals surface area (Å²) in [5.41, 5.74) is 0.677. The third-order valence-electron chi connectivity index (χ3n) is 1.40. The summed E-state index contributed by atoms with van der Waals surface area (Å²) in [5, 5.41) is 7.22. The van der Waals surface area contributed by atoms with Crippen molar-refractivity contribution >= 4 is 12.2 Å². The summed E-state index contributed by atoms with van der Waals surface area (Å²) in [6, 6.07) is 0. The molecule has 1 aliphatic heterocycles. The topological polar surface area (TPSA) is 64.4 Å². The number of ether oxygens (including phenoxy) is 1. The van der Waals surface area contributed by atoms with Gasteiger partial charge in [0.2, 0.25) is 0 Å². The van der Waals surface area contributed by atoms with Crippen molar-refractivity contribution < 1.29 is 9.53 Å². The van der Waals surface area contributed by atoms with E-state index >= 15 is 0 Å². The fraction of sp³-hybridized carbons (Fsp3) is 0.143. The fourth-order valence-corrected chi connectivity index (χ4v) is 0.875. The van der Waals surface area contributed by atoms with Crippen molar-refractivity contribution in [2.75, 3.05) is 6.54 Å². The molecule has 0 saturated heterocycles. The maximum absolute atomic E-state index is 10.9. The predicted octanol–water partition coefficient (Wildman–Crippen LogP) is -0.185. The zero-order valence-corrected chi connectivity index (χ0v) is 6.10. The molecular formula is C7H5N3O2. The van der Waals surface area contributed by atoms with Gasteiger partial charge < -0.3 is 4.74 Å². The lowest BCUT2D eigenvalue weighted by atomic mass is 10.3. The van der Waals surface area contributed by atoms with Gasteiger partial charge in [-0.05, 0) is 0 Å². The first-order chi connectivity index (χ1) is 5.86. The van der Waals surface area contributed by atoms with Crippen LogP contribution in [-0.2, 0) is 4.79 Å². The Labute approximate surface area is 68.1 Å². The number of hydrogen-bond acceptors (Lipinski definition) is 5.